The first-order valence-electron chi connectivity index (χ1n) is 5.54. The molecule has 1 saturated heterocycles. The molecule has 0 aromatic heterocycles. The van der Waals surface area contributed by atoms with Crippen LogP contribution >= 0.6 is 0 Å². The molecular formula is C9H17F3N2O2S. The van der Waals surface area contributed by atoms with Crippen LogP contribution in [0.5, 0.6) is 0 Å². The Balaban J connectivity index is 2.78. The molecule has 4 nitrogen and oxygen atoms in total. The average Bonchev–Trinajstić information content (AvgIpc) is 2.25. The lowest BCUT2D eigenvalue weighted by Gasteiger charge is -2.29. The quantitative estimate of drug-likeness (QED) is 0.830. The number of halogens is 3. The molecule has 0 amide bonds. The maximum Gasteiger partial charge on any atom is 0.402 e. The van der Waals surface area contributed by atoms with Crippen molar-refractivity contribution in [2.45, 2.75) is 31.2 Å². The normalized spacial score (nSPS) is 23.0. The van der Waals surface area contributed by atoms with Gasteiger partial charge in [-0.15, -0.1) is 0 Å². The van der Waals surface area contributed by atoms with Crippen LogP contribution in [0.2, 0.25) is 0 Å². The smallest absolute Gasteiger partial charge is 0.315 e. The van der Waals surface area contributed by atoms with E-state index in [2.05, 4.69) is 5.32 Å². The lowest BCUT2D eigenvalue weighted by atomic mass is 10.2. The summed E-state index contributed by atoms with van der Waals surface area (Å²) in [5.74, 6) is 0. The van der Waals surface area contributed by atoms with Gasteiger partial charge in [-0.05, 0) is 19.4 Å². The van der Waals surface area contributed by atoms with Gasteiger partial charge in [0.15, 0.2) is 0 Å². The van der Waals surface area contributed by atoms with Gasteiger partial charge in [0.2, 0.25) is 10.0 Å². The van der Waals surface area contributed by atoms with E-state index in [0.29, 0.717) is 17.1 Å². The number of nitrogens with zero attached hydrogens (tertiary/aromatic N) is 1. The molecule has 1 N–H and O–H groups in total. The van der Waals surface area contributed by atoms with Gasteiger partial charge in [0, 0.05) is 13.1 Å². The van der Waals surface area contributed by atoms with Crippen molar-refractivity contribution in [1.29, 1.82) is 0 Å². The van der Waals surface area contributed by atoms with E-state index >= 15 is 0 Å². The van der Waals surface area contributed by atoms with Crippen LogP contribution in [0.1, 0.15) is 19.8 Å². The third kappa shape index (κ3) is 4.11. The van der Waals surface area contributed by atoms with Gasteiger partial charge in [0.25, 0.3) is 0 Å². The monoisotopic (exact) mass is 274 g/mol. The SMILES string of the molecule is CCN(CC(F)(F)F)S(=O)(=O)C1CCCNC1. The van der Waals surface area contributed by atoms with E-state index in [1.165, 1.54) is 6.92 Å². The molecule has 1 fully saturated rings. The number of hydrogen-bond donors (Lipinski definition) is 1. The molecule has 1 atom stereocenters. The highest BCUT2D eigenvalue weighted by Gasteiger charge is 2.39. The molecule has 1 unspecified atom stereocenters. The zero-order valence-corrected chi connectivity index (χ0v) is 10.4. The Morgan fingerprint density at radius 3 is 2.47 bits per heavy atom. The van der Waals surface area contributed by atoms with Gasteiger partial charge < -0.3 is 5.32 Å². The summed E-state index contributed by atoms with van der Waals surface area (Å²) in [5, 5.41) is 2.16. The van der Waals surface area contributed by atoms with Crippen LogP contribution in [0.3, 0.4) is 0 Å². The zero-order valence-electron chi connectivity index (χ0n) is 9.63. The standard InChI is InChI=1S/C9H17F3N2O2S/c1-2-14(7-9(10,11)12)17(15,16)8-4-3-5-13-6-8/h8,13H,2-7H2,1H3. The number of sulfonamides is 1. The van der Waals surface area contributed by atoms with E-state index < -0.39 is 28.0 Å². The lowest BCUT2D eigenvalue weighted by molar-refractivity contribution is -0.135. The number of nitrogens with one attached hydrogen (secondary N) is 1. The van der Waals surface area contributed by atoms with Crippen molar-refractivity contribution in [2.24, 2.45) is 0 Å². The van der Waals surface area contributed by atoms with Gasteiger partial charge in [0.1, 0.15) is 6.54 Å². The van der Waals surface area contributed by atoms with Crippen molar-refractivity contribution in [1.82, 2.24) is 9.62 Å². The van der Waals surface area contributed by atoms with Crippen molar-refractivity contribution in [3.63, 3.8) is 0 Å². The summed E-state index contributed by atoms with van der Waals surface area (Å²) in [6.45, 7) is 0.814. The number of rotatable bonds is 4. The average molecular weight is 274 g/mol. The molecule has 0 aromatic rings. The second kappa shape index (κ2) is 5.53. The van der Waals surface area contributed by atoms with E-state index in [-0.39, 0.29) is 13.1 Å². The van der Waals surface area contributed by atoms with Crippen molar-refractivity contribution in [3.05, 3.63) is 0 Å². The maximum atomic E-state index is 12.3. The molecule has 1 heterocycles. The minimum atomic E-state index is -4.49. The summed E-state index contributed by atoms with van der Waals surface area (Å²) < 4.78 is 61.3. The Hall–Kier alpha value is -0.340. The highest BCUT2D eigenvalue weighted by molar-refractivity contribution is 7.89. The van der Waals surface area contributed by atoms with E-state index in [4.69, 9.17) is 0 Å². The third-order valence-electron chi connectivity index (χ3n) is 2.74. The second-order valence-corrected chi connectivity index (χ2v) is 6.27. The Morgan fingerprint density at radius 1 is 1.41 bits per heavy atom. The van der Waals surface area contributed by atoms with E-state index in [1.807, 2.05) is 0 Å². The first-order valence-corrected chi connectivity index (χ1v) is 7.04. The molecular weight excluding hydrogens is 257 g/mol. The van der Waals surface area contributed by atoms with Crippen molar-refractivity contribution in [3.8, 4) is 0 Å². The predicted octanol–water partition coefficient (Wildman–Crippen LogP) is 0.952. The fourth-order valence-corrected chi connectivity index (χ4v) is 3.77. The van der Waals surface area contributed by atoms with Crippen LogP contribution in [-0.2, 0) is 10.0 Å². The molecule has 8 heteroatoms. The molecule has 0 aromatic carbocycles. The molecule has 1 rings (SSSR count). The molecule has 17 heavy (non-hydrogen) atoms. The summed E-state index contributed by atoms with van der Waals surface area (Å²) in [6, 6.07) is 0. The van der Waals surface area contributed by atoms with Gasteiger partial charge in [-0.25, -0.2) is 8.42 Å². The predicted molar refractivity (Wildman–Crippen MR) is 58.1 cm³/mol. The topological polar surface area (TPSA) is 49.4 Å². The number of piperidine rings is 1. The minimum Gasteiger partial charge on any atom is -0.315 e. The van der Waals surface area contributed by atoms with Gasteiger partial charge in [-0.1, -0.05) is 6.92 Å². The van der Waals surface area contributed by atoms with E-state index in [9.17, 15) is 21.6 Å². The Kier molecular flexibility index (Phi) is 4.79. The minimum absolute atomic E-state index is 0.154. The molecule has 0 spiro atoms. The Morgan fingerprint density at radius 2 is 2.06 bits per heavy atom. The van der Waals surface area contributed by atoms with Gasteiger partial charge >= 0.3 is 6.18 Å². The van der Waals surface area contributed by atoms with Gasteiger partial charge in [0.05, 0.1) is 5.25 Å². The van der Waals surface area contributed by atoms with Crippen LogP contribution < -0.4 is 5.32 Å². The van der Waals surface area contributed by atoms with Crippen LogP contribution in [0.4, 0.5) is 13.2 Å². The van der Waals surface area contributed by atoms with Crippen molar-refractivity contribution in [2.75, 3.05) is 26.2 Å². The second-order valence-electron chi connectivity index (χ2n) is 4.05. The number of hydrogen-bond acceptors (Lipinski definition) is 3. The maximum absolute atomic E-state index is 12.3. The van der Waals surface area contributed by atoms with Gasteiger partial charge in [-0.3, -0.25) is 0 Å². The van der Waals surface area contributed by atoms with Crippen LogP contribution in [0.15, 0.2) is 0 Å². The van der Waals surface area contributed by atoms with E-state index in [1.54, 1.807) is 0 Å². The molecule has 0 saturated carbocycles. The first kappa shape index (κ1) is 14.7. The molecule has 102 valence electrons. The molecule has 1 aliphatic rings. The van der Waals surface area contributed by atoms with Crippen LogP contribution in [-0.4, -0.2) is 50.3 Å². The summed E-state index contributed by atoms with van der Waals surface area (Å²) in [7, 11) is -3.86. The summed E-state index contributed by atoms with van der Waals surface area (Å²) in [6.07, 6.45) is -3.40. The van der Waals surface area contributed by atoms with Crippen molar-refractivity contribution < 1.29 is 21.6 Å². The Labute approximate surface area is 99.2 Å². The fraction of sp³-hybridized carbons (Fsp3) is 1.00. The fourth-order valence-electron chi connectivity index (χ4n) is 1.87. The summed E-state index contributed by atoms with van der Waals surface area (Å²) >= 11 is 0. The first-order chi connectivity index (χ1) is 7.77. The Bertz CT molecular complexity index is 337. The summed E-state index contributed by atoms with van der Waals surface area (Å²) in [5.41, 5.74) is 0. The van der Waals surface area contributed by atoms with E-state index in [0.717, 1.165) is 6.54 Å². The zero-order chi connectivity index (χ0) is 13.1. The molecule has 0 aliphatic carbocycles. The largest absolute Gasteiger partial charge is 0.402 e. The molecule has 0 radical (unpaired) electrons. The summed E-state index contributed by atoms with van der Waals surface area (Å²) in [4.78, 5) is 0. The highest BCUT2D eigenvalue weighted by Crippen LogP contribution is 2.22. The van der Waals surface area contributed by atoms with Gasteiger partial charge in [-0.2, -0.15) is 17.5 Å². The van der Waals surface area contributed by atoms with Crippen LogP contribution in [0.25, 0.3) is 0 Å². The molecule has 1 aliphatic heterocycles. The lowest BCUT2D eigenvalue weighted by Crippen LogP contribution is -2.48. The van der Waals surface area contributed by atoms with Crippen molar-refractivity contribution >= 4 is 10.0 Å². The van der Waals surface area contributed by atoms with Crippen LogP contribution in [0, 0.1) is 0 Å². The third-order valence-corrected chi connectivity index (χ3v) is 5.09. The highest BCUT2D eigenvalue weighted by atomic mass is 32.2. The molecule has 0 bridgehead atoms. The number of alkyl halides is 3.